The topological polar surface area (TPSA) is 67.9 Å². The molecule has 0 aliphatic heterocycles. The fourth-order valence-electron chi connectivity index (χ4n) is 2.78. The highest BCUT2D eigenvalue weighted by Gasteiger charge is 2.10. The Morgan fingerprint density at radius 1 is 0.545 bits per heavy atom. The number of para-hydroxylation sites is 2. The molecule has 0 aliphatic carbocycles. The number of fused-ring (bicyclic) bond motifs is 3. The predicted molar refractivity (Wildman–Crippen MR) is 93.9 cm³/mol. The molecular weight excluding hydrogens is 273 g/mol. The molecule has 0 saturated heterocycles. The van der Waals surface area contributed by atoms with E-state index < -0.39 is 0 Å². The third-order valence-corrected chi connectivity index (χ3v) is 3.70. The minimum absolute atomic E-state index is 0. The highest BCUT2D eigenvalue weighted by atomic mass is 16.0. The molecule has 3 aromatic carbocycles. The lowest BCUT2D eigenvalue weighted by Crippen LogP contribution is -2.21. The lowest BCUT2D eigenvalue weighted by Gasteiger charge is -2.05. The van der Waals surface area contributed by atoms with Crippen LogP contribution in [0.25, 0.3) is 21.8 Å². The van der Waals surface area contributed by atoms with E-state index in [9.17, 15) is 0 Å². The summed E-state index contributed by atoms with van der Waals surface area (Å²) in [5.74, 6) is 0. The first kappa shape index (κ1) is 15.8. The second-order valence-electron chi connectivity index (χ2n) is 4.94. The molecule has 0 amide bonds. The van der Waals surface area contributed by atoms with Gasteiger partial charge in [0.15, 0.2) is 0 Å². The quantitative estimate of drug-likeness (QED) is 0.506. The third kappa shape index (κ3) is 2.50. The molecule has 109 valence electrons. The Labute approximate surface area is 129 Å². The third-order valence-electron chi connectivity index (χ3n) is 3.70. The summed E-state index contributed by atoms with van der Waals surface area (Å²) in [4.78, 5) is 0. The minimum atomic E-state index is 0. The Hall–Kier alpha value is -2.56. The monoisotopic (exact) mass is 290 g/mol. The van der Waals surface area contributed by atoms with Crippen LogP contribution in [0.5, 0.6) is 0 Å². The molecule has 3 nitrogen and oxygen atoms in total. The summed E-state index contributed by atoms with van der Waals surface area (Å²) in [7, 11) is 2.20. The van der Waals surface area contributed by atoms with Crippen molar-refractivity contribution < 1.29 is 11.0 Å². The van der Waals surface area contributed by atoms with Gasteiger partial charge < -0.3 is 15.4 Å². The normalized spacial score (nSPS) is 10.0. The van der Waals surface area contributed by atoms with Gasteiger partial charge in [0.05, 0.1) is 0 Å². The van der Waals surface area contributed by atoms with Crippen molar-refractivity contribution in [1.29, 1.82) is 0 Å². The predicted octanol–water partition coefficient (Wildman–Crippen LogP) is 1.94. The first-order valence-electron chi connectivity index (χ1n) is 6.81. The number of aromatic nitrogens is 1. The molecule has 4 heteroatoms. The molecule has 4 N–H and O–H groups in total. The van der Waals surface area contributed by atoms with Crippen molar-refractivity contribution in [2.24, 2.45) is 0 Å². The zero-order valence-electron chi connectivity index (χ0n) is 12.0. The summed E-state index contributed by atoms with van der Waals surface area (Å²) >= 11 is 0. The molecule has 0 fully saturated rings. The van der Waals surface area contributed by atoms with E-state index in [4.69, 9.17) is 0 Å². The molecule has 4 aromatic rings. The molecular formula is C18H17BNO2. The number of hydrogen-bond donors (Lipinski definition) is 0. The van der Waals surface area contributed by atoms with Gasteiger partial charge in [0.2, 0.25) is 0 Å². The molecule has 22 heavy (non-hydrogen) atoms. The van der Waals surface area contributed by atoms with Gasteiger partial charge in [-0.2, -0.15) is 0 Å². The fraction of sp³-hybridized carbons (Fsp3) is 0. The molecule has 4 rings (SSSR count). The van der Waals surface area contributed by atoms with Crippen molar-refractivity contribution >= 4 is 34.7 Å². The molecule has 0 bridgehead atoms. The van der Waals surface area contributed by atoms with Crippen molar-refractivity contribution in [3.63, 3.8) is 0 Å². The maximum atomic E-state index is 2.28. The molecule has 0 saturated carbocycles. The SMILES string of the molecule is O.O.[B](c1ccccc1)n1c2ccccc2c2ccccc21. The lowest BCUT2D eigenvalue weighted by molar-refractivity contribution is 0.823. The van der Waals surface area contributed by atoms with Crippen LogP contribution in [-0.2, 0) is 0 Å². The maximum Gasteiger partial charge on any atom is 0.290 e. The molecule has 0 atom stereocenters. The summed E-state index contributed by atoms with van der Waals surface area (Å²) in [5, 5.41) is 2.60. The number of rotatable bonds is 2. The van der Waals surface area contributed by atoms with Crippen LogP contribution in [0.1, 0.15) is 0 Å². The Morgan fingerprint density at radius 3 is 1.55 bits per heavy atom. The van der Waals surface area contributed by atoms with Gasteiger partial charge in [-0.05, 0) is 12.1 Å². The molecule has 1 heterocycles. The summed E-state index contributed by atoms with van der Waals surface area (Å²) in [6.45, 7) is 0. The van der Waals surface area contributed by atoms with E-state index in [1.165, 1.54) is 27.3 Å². The maximum absolute atomic E-state index is 2.28. The lowest BCUT2D eigenvalue weighted by atomic mass is 9.82. The Kier molecular flexibility index (Phi) is 4.66. The highest BCUT2D eigenvalue weighted by Crippen LogP contribution is 2.27. The number of nitrogens with zero attached hydrogens (tertiary/aromatic N) is 1. The fourth-order valence-corrected chi connectivity index (χ4v) is 2.78. The van der Waals surface area contributed by atoms with Crippen molar-refractivity contribution in [3.05, 3.63) is 78.9 Å². The van der Waals surface area contributed by atoms with Crippen LogP contribution in [0, 0.1) is 0 Å². The van der Waals surface area contributed by atoms with Gasteiger partial charge >= 0.3 is 0 Å². The number of hydrogen-bond acceptors (Lipinski definition) is 0. The van der Waals surface area contributed by atoms with E-state index in [0.717, 1.165) is 0 Å². The van der Waals surface area contributed by atoms with Gasteiger partial charge in [0.1, 0.15) is 0 Å². The summed E-state index contributed by atoms with van der Waals surface area (Å²) in [6, 6.07) is 27.6. The van der Waals surface area contributed by atoms with Gasteiger partial charge in [0, 0.05) is 21.8 Å². The zero-order chi connectivity index (χ0) is 13.4. The first-order valence-corrected chi connectivity index (χ1v) is 6.81. The minimum Gasteiger partial charge on any atom is -0.412 e. The first-order chi connectivity index (χ1) is 9.93. The van der Waals surface area contributed by atoms with E-state index in [-0.39, 0.29) is 11.0 Å². The Bertz CT molecular complexity index is 834. The Balaban J connectivity index is 0.000000882. The van der Waals surface area contributed by atoms with Gasteiger partial charge in [-0.3, -0.25) is 0 Å². The molecule has 0 unspecified atom stereocenters. The van der Waals surface area contributed by atoms with Gasteiger partial charge in [-0.25, -0.2) is 0 Å². The molecule has 0 aliphatic rings. The Morgan fingerprint density at radius 2 is 1.00 bits per heavy atom. The van der Waals surface area contributed by atoms with E-state index in [2.05, 4.69) is 84.7 Å². The van der Waals surface area contributed by atoms with Crippen LogP contribution in [0.4, 0.5) is 0 Å². The smallest absolute Gasteiger partial charge is 0.290 e. The average Bonchev–Trinajstić information content (AvgIpc) is 2.84. The van der Waals surface area contributed by atoms with Gasteiger partial charge in [-0.1, -0.05) is 72.2 Å². The highest BCUT2D eigenvalue weighted by molar-refractivity contribution is 6.54. The van der Waals surface area contributed by atoms with E-state index in [1.807, 2.05) is 6.07 Å². The van der Waals surface area contributed by atoms with Gasteiger partial charge in [-0.15, -0.1) is 0 Å². The van der Waals surface area contributed by atoms with Crippen molar-refractivity contribution in [2.75, 3.05) is 0 Å². The summed E-state index contributed by atoms with van der Waals surface area (Å²) in [6.07, 6.45) is 0. The van der Waals surface area contributed by atoms with Gasteiger partial charge in [0.25, 0.3) is 7.41 Å². The second kappa shape index (κ2) is 6.47. The molecule has 1 radical (unpaired) electrons. The zero-order valence-corrected chi connectivity index (χ0v) is 12.0. The number of benzene rings is 3. The average molecular weight is 290 g/mol. The van der Waals surface area contributed by atoms with Crippen LogP contribution in [0.2, 0.25) is 0 Å². The summed E-state index contributed by atoms with van der Waals surface area (Å²) < 4.78 is 2.28. The van der Waals surface area contributed by atoms with Crippen molar-refractivity contribution in [3.8, 4) is 0 Å². The second-order valence-corrected chi connectivity index (χ2v) is 4.94. The molecule has 0 spiro atoms. The van der Waals surface area contributed by atoms with Crippen LogP contribution < -0.4 is 5.46 Å². The van der Waals surface area contributed by atoms with E-state index in [0.29, 0.717) is 0 Å². The summed E-state index contributed by atoms with van der Waals surface area (Å²) in [5.41, 5.74) is 3.70. The van der Waals surface area contributed by atoms with Crippen molar-refractivity contribution in [1.82, 2.24) is 4.48 Å². The van der Waals surface area contributed by atoms with Crippen LogP contribution >= 0.6 is 0 Å². The largest absolute Gasteiger partial charge is 0.412 e. The van der Waals surface area contributed by atoms with Crippen molar-refractivity contribution in [2.45, 2.75) is 0 Å². The van der Waals surface area contributed by atoms with E-state index >= 15 is 0 Å². The van der Waals surface area contributed by atoms with Crippen LogP contribution in [0.3, 0.4) is 0 Å². The van der Waals surface area contributed by atoms with Crippen LogP contribution in [-0.4, -0.2) is 22.8 Å². The van der Waals surface area contributed by atoms with E-state index in [1.54, 1.807) is 0 Å². The standard InChI is InChI=1S/C18H13BN.2H2O/c1-2-8-14(9-3-1)19-20-17-12-6-4-10-15(17)16-11-5-7-13-18(16)20;;/h1-13H;2*1H2. The molecule has 1 aromatic heterocycles. The van der Waals surface area contributed by atoms with Crippen LogP contribution in [0.15, 0.2) is 78.9 Å².